The van der Waals surface area contributed by atoms with Crippen LogP contribution >= 0.6 is 11.8 Å². The number of anilines is 1. The molecule has 156 valence electrons. The third-order valence-electron chi connectivity index (χ3n) is 4.83. The second-order valence-electron chi connectivity index (χ2n) is 7.68. The summed E-state index contributed by atoms with van der Waals surface area (Å²) in [6.07, 6.45) is -0.620. The van der Waals surface area contributed by atoms with Crippen LogP contribution in [0.2, 0.25) is 0 Å². The molecule has 5 nitrogen and oxygen atoms in total. The average molecular weight is 415 g/mol. The van der Waals surface area contributed by atoms with Crippen LogP contribution in [0.15, 0.2) is 53.4 Å². The predicted molar refractivity (Wildman–Crippen MR) is 119 cm³/mol. The Morgan fingerprint density at radius 1 is 1.10 bits per heavy atom. The molecule has 3 rings (SSSR count). The minimum Gasteiger partial charge on any atom is -0.497 e. The summed E-state index contributed by atoms with van der Waals surface area (Å²) in [7, 11) is 5.69. The fourth-order valence-electron chi connectivity index (χ4n) is 3.37. The van der Waals surface area contributed by atoms with Crippen molar-refractivity contribution >= 4 is 23.4 Å². The van der Waals surface area contributed by atoms with Gasteiger partial charge in [-0.15, -0.1) is 11.8 Å². The lowest BCUT2D eigenvalue weighted by atomic mass is 10.1. The van der Waals surface area contributed by atoms with E-state index >= 15 is 0 Å². The molecule has 0 unspecified atom stereocenters. The molecular weight excluding hydrogens is 384 g/mol. The molecule has 0 aliphatic carbocycles. The second kappa shape index (κ2) is 9.65. The van der Waals surface area contributed by atoms with E-state index in [-0.39, 0.29) is 17.3 Å². The van der Waals surface area contributed by atoms with Crippen molar-refractivity contribution in [3.8, 4) is 5.75 Å². The van der Waals surface area contributed by atoms with Gasteiger partial charge in [-0.2, -0.15) is 0 Å². The van der Waals surface area contributed by atoms with Crippen LogP contribution in [-0.2, 0) is 9.53 Å². The van der Waals surface area contributed by atoms with Crippen molar-refractivity contribution in [1.29, 1.82) is 0 Å². The van der Waals surface area contributed by atoms with Gasteiger partial charge in [0.1, 0.15) is 5.75 Å². The first kappa shape index (κ1) is 21.7. The minimum absolute atomic E-state index is 0.0128. The van der Waals surface area contributed by atoms with E-state index in [9.17, 15) is 4.79 Å². The molecule has 29 heavy (non-hydrogen) atoms. The number of hydrogen-bond acceptors (Lipinski definition) is 5. The molecular formula is C23H30N2O3S. The number of benzene rings is 2. The van der Waals surface area contributed by atoms with E-state index in [0.29, 0.717) is 6.54 Å². The van der Waals surface area contributed by atoms with Gasteiger partial charge < -0.3 is 19.3 Å². The van der Waals surface area contributed by atoms with Crippen LogP contribution in [0.3, 0.4) is 0 Å². The summed E-state index contributed by atoms with van der Waals surface area (Å²) >= 11 is 1.69. The Morgan fingerprint density at radius 2 is 1.79 bits per heavy atom. The van der Waals surface area contributed by atoms with E-state index in [1.165, 1.54) is 0 Å². The molecule has 2 aromatic rings. The van der Waals surface area contributed by atoms with E-state index in [2.05, 4.69) is 11.0 Å². The van der Waals surface area contributed by atoms with Crippen molar-refractivity contribution in [2.45, 2.75) is 36.2 Å². The van der Waals surface area contributed by atoms with Crippen molar-refractivity contribution in [2.75, 3.05) is 39.2 Å². The monoisotopic (exact) mass is 414 g/mol. The van der Waals surface area contributed by atoms with E-state index in [4.69, 9.17) is 9.47 Å². The van der Waals surface area contributed by atoms with Crippen LogP contribution < -0.4 is 9.64 Å². The van der Waals surface area contributed by atoms with Crippen LogP contribution in [0.4, 0.5) is 5.69 Å². The van der Waals surface area contributed by atoms with E-state index in [1.54, 1.807) is 18.9 Å². The zero-order valence-corrected chi connectivity index (χ0v) is 18.6. The number of rotatable bonds is 7. The zero-order valence-electron chi connectivity index (χ0n) is 17.8. The summed E-state index contributed by atoms with van der Waals surface area (Å²) in [5, 5.41) is -0.138. The molecule has 2 atom stereocenters. The fourth-order valence-corrected chi connectivity index (χ4v) is 4.70. The molecule has 0 aromatic heterocycles. The van der Waals surface area contributed by atoms with Gasteiger partial charge >= 0.3 is 0 Å². The summed E-state index contributed by atoms with van der Waals surface area (Å²) in [6.45, 7) is 5.36. The van der Waals surface area contributed by atoms with Crippen molar-refractivity contribution in [1.82, 2.24) is 4.90 Å². The van der Waals surface area contributed by atoms with Gasteiger partial charge in [0.15, 0.2) is 6.10 Å². The summed E-state index contributed by atoms with van der Waals surface area (Å²) in [6, 6.07) is 16.1. The maximum Gasteiger partial charge on any atom is 0.257 e. The van der Waals surface area contributed by atoms with Crippen molar-refractivity contribution in [3.63, 3.8) is 0 Å². The molecule has 0 N–H and O–H groups in total. The Hall–Kier alpha value is -2.02. The summed E-state index contributed by atoms with van der Waals surface area (Å²) in [5.41, 5.74) is 2.01. The van der Waals surface area contributed by atoms with Gasteiger partial charge in [-0.25, -0.2) is 0 Å². The van der Waals surface area contributed by atoms with Gasteiger partial charge in [-0.05, 0) is 57.8 Å². The molecule has 1 heterocycles. The Balaban J connectivity index is 2.04. The van der Waals surface area contributed by atoms with E-state index in [0.717, 1.165) is 28.4 Å². The van der Waals surface area contributed by atoms with Gasteiger partial charge in [-0.1, -0.05) is 24.3 Å². The maximum atomic E-state index is 13.7. The van der Waals surface area contributed by atoms with Gasteiger partial charge in [0, 0.05) is 18.0 Å². The largest absolute Gasteiger partial charge is 0.497 e. The first-order chi connectivity index (χ1) is 13.9. The number of nitrogens with zero attached hydrogens (tertiary/aromatic N) is 2. The molecule has 0 saturated heterocycles. The lowest BCUT2D eigenvalue weighted by Crippen LogP contribution is -2.45. The summed E-state index contributed by atoms with van der Waals surface area (Å²) in [5.74, 6) is 0.812. The lowest BCUT2D eigenvalue weighted by Gasteiger charge is -2.30. The van der Waals surface area contributed by atoms with E-state index in [1.807, 2.05) is 75.3 Å². The molecule has 0 fully saturated rings. The molecule has 0 saturated carbocycles. The van der Waals surface area contributed by atoms with Crippen molar-refractivity contribution in [3.05, 3.63) is 54.1 Å². The topological polar surface area (TPSA) is 42.0 Å². The van der Waals surface area contributed by atoms with Crippen LogP contribution in [0.25, 0.3) is 0 Å². The number of carbonyl (C=O) groups excluding carboxylic acids is 1. The molecule has 0 bridgehead atoms. The molecule has 0 radical (unpaired) electrons. The first-order valence-corrected chi connectivity index (χ1v) is 10.8. The number of ether oxygens (including phenoxy) is 2. The fraction of sp³-hybridized carbons (Fsp3) is 0.435. The third kappa shape index (κ3) is 5.13. The van der Waals surface area contributed by atoms with Crippen LogP contribution in [0, 0.1) is 0 Å². The number of amides is 1. The molecule has 1 amide bonds. The standard InChI is InChI=1S/C23H30N2O3S/c1-16(2)28-21-22(17-10-12-18(27-5)13-11-17)29-20-9-7-6-8-19(20)25(23(21)26)15-14-24(3)4/h6-13,16,21-22H,14-15H2,1-5H3/t21-,22+/m1/s1. The van der Waals surface area contributed by atoms with Gasteiger partial charge in [0.25, 0.3) is 5.91 Å². The van der Waals surface area contributed by atoms with Gasteiger partial charge in [0.05, 0.1) is 24.2 Å². The molecule has 0 spiro atoms. The van der Waals surface area contributed by atoms with Crippen molar-refractivity contribution in [2.24, 2.45) is 0 Å². The number of likely N-dealkylation sites (N-methyl/N-ethyl adjacent to an activating group) is 1. The van der Waals surface area contributed by atoms with Crippen LogP contribution in [0.5, 0.6) is 5.75 Å². The molecule has 6 heteroatoms. The maximum absolute atomic E-state index is 13.7. The van der Waals surface area contributed by atoms with Crippen LogP contribution in [0.1, 0.15) is 24.7 Å². The smallest absolute Gasteiger partial charge is 0.257 e. The number of hydrogen-bond donors (Lipinski definition) is 0. The number of methoxy groups -OCH3 is 1. The summed E-state index contributed by atoms with van der Waals surface area (Å²) in [4.78, 5) is 18.8. The SMILES string of the molecule is COc1ccc([C@@H]2Sc3ccccc3N(CCN(C)C)C(=O)[C@@H]2OC(C)C)cc1. The molecule has 1 aliphatic rings. The average Bonchev–Trinajstić information content (AvgIpc) is 2.81. The van der Waals surface area contributed by atoms with Crippen molar-refractivity contribution < 1.29 is 14.3 Å². The first-order valence-electron chi connectivity index (χ1n) is 9.92. The zero-order chi connectivity index (χ0) is 21.0. The third-order valence-corrected chi connectivity index (χ3v) is 6.20. The highest BCUT2D eigenvalue weighted by Gasteiger charge is 2.39. The Morgan fingerprint density at radius 3 is 2.41 bits per heavy atom. The highest BCUT2D eigenvalue weighted by molar-refractivity contribution is 7.99. The van der Waals surface area contributed by atoms with Gasteiger partial charge in [-0.3, -0.25) is 4.79 Å². The highest BCUT2D eigenvalue weighted by Crippen LogP contribution is 2.47. The Labute approximate surface area is 178 Å². The lowest BCUT2D eigenvalue weighted by molar-refractivity contribution is -0.132. The predicted octanol–water partition coefficient (Wildman–Crippen LogP) is 4.23. The summed E-state index contributed by atoms with van der Waals surface area (Å²) < 4.78 is 11.5. The number of carbonyl (C=O) groups is 1. The number of fused-ring (bicyclic) bond motifs is 1. The second-order valence-corrected chi connectivity index (χ2v) is 8.86. The van der Waals surface area contributed by atoms with Crippen LogP contribution in [-0.4, -0.2) is 57.3 Å². The van der Waals surface area contributed by atoms with E-state index < -0.39 is 6.10 Å². The normalized spacial score (nSPS) is 19.4. The minimum atomic E-state index is -0.567. The number of thioether (sulfide) groups is 1. The molecule has 1 aliphatic heterocycles. The Bertz CT molecular complexity index is 823. The Kier molecular flexibility index (Phi) is 7.22. The molecule has 2 aromatic carbocycles. The quantitative estimate of drug-likeness (QED) is 0.678. The highest BCUT2D eigenvalue weighted by atomic mass is 32.2. The van der Waals surface area contributed by atoms with Gasteiger partial charge in [0.2, 0.25) is 0 Å². The number of para-hydroxylation sites is 1.